The van der Waals surface area contributed by atoms with Crippen LogP contribution in [0.1, 0.15) is 38.1 Å². The highest BCUT2D eigenvalue weighted by molar-refractivity contribution is 8.00. The number of hydrogen-bond acceptors (Lipinski definition) is 7. The number of sulfonamides is 1. The fourth-order valence-corrected chi connectivity index (χ4v) is 6.59. The minimum atomic E-state index is -3.71. The average molecular weight is 535 g/mol. The lowest BCUT2D eigenvalue weighted by Gasteiger charge is -2.22. The largest absolute Gasteiger partial charge is 0.340 e. The third-order valence-electron chi connectivity index (χ3n) is 5.49. The van der Waals surface area contributed by atoms with Crippen LogP contribution < -0.4 is 10.6 Å². The van der Waals surface area contributed by atoms with Gasteiger partial charge in [-0.05, 0) is 48.6 Å². The van der Waals surface area contributed by atoms with E-state index >= 15 is 0 Å². The molecule has 0 aliphatic carbocycles. The first-order chi connectivity index (χ1) is 16.6. The number of rotatable bonds is 10. The second-order valence-electron chi connectivity index (χ2n) is 8.17. The molecule has 1 unspecified atom stereocenters. The molecule has 3 aromatic rings. The normalized spacial score (nSPS) is 12.8. The molecule has 1 atom stereocenters. The maximum atomic E-state index is 13.1. The highest BCUT2D eigenvalue weighted by Gasteiger charge is 2.27. The zero-order valence-electron chi connectivity index (χ0n) is 20.4. The molecule has 0 saturated carbocycles. The second-order valence-corrected chi connectivity index (χ2v) is 12.2. The van der Waals surface area contributed by atoms with Crippen molar-refractivity contribution in [2.45, 2.75) is 43.0 Å². The number of benzene rings is 2. The van der Waals surface area contributed by atoms with Crippen LogP contribution in [0.15, 0.2) is 51.7 Å². The summed E-state index contributed by atoms with van der Waals surface area (Å²) in [5, 5.41) is 5.65. The molecule has 0 radical (unpaired) electrons. The van der Waals surface area contributed by atoms with Crippen LogP contribution in [-0.2, 0) is 14.8 Å². The van der Waals surface area contributed by atoms with Crippen molar-refractivity contribution in [1.82, 2.24) is 14.6 Å². The van der Waals surface area contributed by atoms with E-state index in [4.69, 9.17) is 0 Å². The Kier molecular flexibility index (Phi) is 8.92. The van der Waals surface area contributed by atoms with E-state index in [2.05, 4.69) is 15.6 Å². The van der Waals surface area contributed by atoms with Gasteiger partial charge in [-0.2, -0.15) is 4.31 Å². The van der Waals surface area contributed by atoms with Gasteiger partial charge < -0.3 is 10.6 Å². The number of hydrogen-bond donors (Lipinski definition) is 2. The molecular weight excluding hydrogens is 504 g/mol. The first kappa shape index (κ1) is 27.1. The van der Waals surface area contributed by atoms with Gasteiger partial charge in [-0.25, -0.2) is 13.4 Å². The summed E-state index contributed by atoms with van der Waals surface area (Å²) in [6, 6.07) is 10.6. The van der Waals surface area contributed by atoms with E-state index in [0.29, 0.717) is 18.8 Å². The van der Waals surface area contributed by atoms with Gasteiger partial charge in [0, 0.05) is 24.3 Å². The van der Waals surface area contributed by atoms with E-state index in [1.807, 2.05) is 32.2 Å². The summed E-state index contributed by atoms with van der Waals surface area (Å²) in [5.74, 6) is -1.07. The van der Waals surface area contributed by atoms with Crippen LogP contribution in [0.2, 0.25) is 0 Å². The quantitative estimate of drug-likeness (QED) is 0.372. The molecular formula is C24H30N4O4S3. The lowest BCUT2D eigenvalue weighted by atomic mass is 10.0. The molecule has 0 aliphatic rings. The first-order valence-electron chi connectivity index (χ1n) is 11.3. The van der Waals surface area contributed by atoms with Crippen molar-refractivity contribution in [2.24, 2.45) is 5.92 Å². The Morgan fingerprint density at radius 2 is 1.83 bits per heavy atom. The summed E-state index contributed by atoms with van der Waals surface area (Å²) in [4.78, 5) is 30.6. The Labute approximate surface area is 214 Å². The number of fused-ring (bicyclic) bond motifs is 1. The molecule has 35 heavy (non-hydrogen) atoms. The Morgan fingerprint density at radius 3 is 2.46 bits per heavy atom. The fraction of sp³-hybridized carbons (Fsp3) is 0.375. The summed E-state index contributed by atoms with van der Waals surface area (Å²) in [7, 11) is -3.71. The molecule has 1 heterocycles. The van der Waals surface area contributed by atoms with E-state index in [1.165, 1.54) is 28.6 Å². The minimum Gasteiger partial charge on any atom is -0.340 e. The summed E-state index contributed by atoms with van der Waals surface area (Å²) < 4.78 is 28.9. The Bertz CT molecular complexity index is 1320. The van der Waals surface area contributed by atoms with Gasteiger partial charge in [-0.1, -0.05) is 45.5 Å². The number of thiazole rings is 1. The highest BCUT2D eigenvalue weighted by atomic mass is 32.2. The van der Waals surface area contributed by atoms with E-state index in [-0.39, 0.29) is 22.3 Å². The van der Waals surface area contributed by atoms with Crippen LogP contribution >= 0.6 is 23.1 Å². The lowest BCUT2D eigenvalue weighted by molar-refractivity contribution is -0.118. The van der Waals surface area contributed by atoms with Crippen molar-refractivity contribution in [3.05, 3.63) is 48.0 Å². The van der Waals surface area contributed by atoms with Crippen LogP contribution in [0, 0.1) is 5.92 Å². The van der Waals surface area contributed by atoms with Gasteiger partial charge in [-0.15, -0.1) is 11.3 Å². The van der Waals surface area contributed by atoms with Crippen molar-refractivity contribution >= 4 is 60.8 Å². The number of nitrogens with zero attached hydrogens (tertiary/aromatic N) is 2. The molecule has 188 valence electrons. The molecule has 0 bridgehead atoms. The predicted molar refractivity (Wildman–Crippen MR) is 143 cm³/mol. The molecule has 1 aromatic heterocycles. The Balaban J connectivity index is 1.78. The van der Waals surface area contributed by atoms with Crippen LogP contribution in [0.3, 0.4) is 0 Å². The van der Waals surface area contributed by atoms with E-state index in [0.717, 1.165) is 14.6 Å². The highest BCUT2D eigenvalue weighted by Crippen LogP contribution is 2.30. The topological polar surface area (TPSA) is 108 Å². The second kappa shape index (κ2) is 11.5. The maximum Gasteiger partial charge on any atom is 0.251 e. The van der Waals surface area contributed by atoms with Gasteiger partial charge in [0.2, 0.25) is 15.9 Å². The number of aromatic nitrogens is 1. The smallest absolute Gasteiger partial charge is 0.251 e. The van der Waals surface area contributed by atoms with E-state index in [1.54, 1.807) is 43.0 Å². The van der Waals surface area contributed by atoms with Gasteiger partial charge in [0.05, 0.1) is 15.1 Å². The third kappa shape index (κ3) is 6.21. The van der Waals surface area contributed by atoms with Crippen molar-refractivity contribution in [3.63, 3.8) is 0 Å². The van der Waals surface area contributed by atoms with Crippen LogP contribution in [0.4, 0.5) is 5.69 Å². The predicted octanol–water partition coefficient (Wildman–Crippen LogP) is 4.44. The first-order valence-corrected chi connectivity index (χ1v) is 14.7. The van der Waals surface area contributed by atoms with Crippen LogP contribution in [-0.4, -0.2) is 54.9 Å². The number of carbonyl (C=O) groups excluding carboxylic acids is 2. The summed E-state index contributed by atoms with van der Waals surface area (Å²) in [6.45, 7) is 7.86. The number of thioether (sulfide) groups is 1. The van der Waals surface area contributed by atoms with Crippen molar-refractivity contribution in [3.8, 4) is 0 Å². The van der Waals surface area contributed by atoms with Crippen LogP contribution in [0.5, 0.6) is 0 Å². The molecule has 11 heteroatoms. The van der Waals surface area contributed by atoms with Gasteiger partial charge in [0.15, 0.2) is 4.34 Å². The molecule has 8 nitrogen and oxygen atoms in total. The van der Waals surface area contributed by atoms with Crippen molar-refractivity contribution in [1.29, 1.82) is 0 Å². The van der Waals surface area contributed by atoms with Gasteiger partial charge in [0.1, 0.15) is 6.04 Å². The third-order valence-corrected chi connectivity index (χ3v) is 9.54. The molecule has 3 rings (SSSR count). The molecule has 2 aromatic carbocycles. The number of amides is 2. The number of carbonyl (C=O) groups is 2. The summed E-state index contributed by atoms with van der Waals surface area (Å²) >= 11 is 3.11. The Hall–Kier alpha value is -2.47. The number of nitrogens with one attached hydrogen (secondary N) is 2. The standard InChI is InChI=1S/C24H30N4O4S3/c1-6-28(7-2)35(31,32)18-10-8-9-16(13-18)22(29)27-21(15(3)4)23(30)25-17-11-12-19-20(14-17)34-24(26-19)33-5/h8-15,21H,6-7H2,1-5H3,(H,25,30)(H,27,29). The fourth-order valence-electron chi connectivity index (χ4n) is 3.56. The SMILES string of the molecule is CCN(CC)S(=O)(=O)c1cccc(C(=O)NC(C(=O)Nc2ccc3nc(SC)sc3c2)C(C)C)c1. The molecule has 0 spiro atoms. The summed E-state index contributed by atoms with van der Waals surface area (Å²) in [5.41, 5.74) is 1.66. The van der Waals surface area contributed by atoms with Gasteiger partial charge in [0.25, 0.3) is 5.91 Å². The molecule has 2 amide bonds. The zero-order chi connectivity index (χ0) is 25.8. The number of anilines is 1. The van der Waals surface area contributed by atoms with E-state index < -0.39 is 22.0 Å². The zero-order valence-corrected chi connectivity index (χ0v) is 22.8. The monoisotopic (exact) mass is 534 g/mol. The van der Waals surface area contributed by atoms with E-state index in [9.17, 15) is 18.0 Å². The molecule has 0 aliphatic heterocycles. The van der Waals surface area contributed by atoms with Crippen molar-refractivity contribution in [2.75, 3.05) is 24.7 Å². The molecule has 0 fully saturated rings. The molecule has 0 saturated heterocycles. The lowest BCUT2D eigenvalue weighted by Crippen LogP contribution is -2.47. The summed E-state index contributed by atoms with van der Waals surface area (Å²) in [6.07, 6.45) is 1.96. The van der Waals surface area contributed by atoms with Gasteiger partial charge in [-0.3, -0.25) is 9.59 Å². The Morgan fingerprint density at radius 1 is 1.11 bits per heavy atom. The average Bonchev–Trinajstić information content (AvgIpc) is 3.25. The minimum absolute atomic E-state index is 0.0434. The maximum absolute atomic E-state index is 13.1. The van der Waals surface area contributed by atoms with Crippen LogP contribution in [0.25, 0.3) is 10.2 Å². The van der Waals surface area contributed by atoms with Gasteiger partial charge >= 0.3 is 0 Å². The van der Waals surface area contributed by atoms with Crippen molar-refractivity contribution < 1.29 is 18.0 Å². The molecule has 2 N–H and O–H groups in total.